The van der Waals surface area contributed by atoms with Crippen molar-refractivity contribution in [2.24, 2.45) is 0 Å². The van der Waals surface area contributed by atoms with Gasteiger partial charge in [0.05, 0.1) is 13.2 Å². The SMILES string of the molecule is C1CNCCN2CCCNCCN(C1)CCOCC2. The molecule has 2 unspecified atom stereocenters. The molecule has 2 aliphatic rings. The number of hydrogen-bond donors (Lipinski definition) is 2. The minimum Gasteiger partial charge on any atom is -0.379 e. The average Bonchev–Trinajstić information content (AvgIpc) is 2.46. The predicted octanol–water partition coefficient (Wildman–Crippen LogP) is -0.406. The summed E-state index contributed by atoms with van der Waals surface area (Å²) in [6.45, 7) is 13.0. The van der Waals surface area contributed by atoms with Crippen LogP contribution in [-0.4, -0.2) is 88.5 Å². The Morgan fingerprint density at radius 1 is 0.579 bits per heavy atom. The van der Waals surface area contributed by atoms with Gasteiger partial charge in [0.25, 0.3) is 0 Å². The molecule has 2 saturated heterocycles. The van der Waals surface area contributed by atoms with Crippen molar-refractivity contribution in [1.29, 1.82) is 0 Å². The number of fused-ring (bicyclic) bond motifs is 6. The van der Waals surface area contributed by atoms with Crippen molar-refractivity contribution < 1.29 is 4.74 Å². The smallest absolute Gasteiger partial charge is 0.0594 e. The van der Waals surface area contributed by atoms with Crippen LogP contribution in [0.15, 0.2) is 0 Å². The largest absolute Gasteiger partial charge is 0.379 e. The lowest BCUT2D eigenvalue weighted by molar-refractivity contribution is 0.0858. The molecule has 0 aromatic heterocycles. The van der Waals surface area contributed by atoms with Crippen LogP contribution in [0.1, 0.15) is 12.8 Å². The van der Waals surface area contributed by atoms with Crippen molar-refractivity contribution in [3.05, 3.63) is 0 Å². The van der Waals surface area contributed by atoms with Crippen LogP contribution in [0.5, 0.6) is 0 Å². The Labute approximate surface area is 117 Å². The van der Waals surface area contributed by atoms with Crippen molar-refractivity contribution in [2.75, 3.05) is 78.7 Å². The topological polar surface area (TPSA) is 39.8 Å². The van der Waals surface area contributed by atoms with E-state index in [2.05, 4.69) is 20.4 Å². The third-order valence-electron chi connectivity index (χ3n) is 3.97. The number of hydrogen-bond acceptors (Lipinski definition) is 5. The highest BCUT2D eigenvalue weighted by atomic mass is 16.5. The van der Waals surface area contributed by atoms with E-state index in [4.69, 9.17) is 4.74 Å². The first-order valence-corrected chi connectivity index (χ1v) is 7.89. The van der Waals surface area contributed by atoms with E-state index >= 15 is 0 Å². The molecule has 5 nitrogen and oxygen atoms in total. The lowest BCUT2D eigenvalue weighted by atomic mass is 10.3. The Morgan fingerprint density at radius 3 is 1.63 bits per heavy atom. The van der Waals surface area contributed by atoms with E-state index in [0.717, 1.165) is 65.6 Å². The molecule has 0 radical (unpaired) electrons. The Kier molecular flexibility index (Phi) is 7.73. The lowest BCUT2D eigenvalue weighted by Crippen LogP contribution is -2.38. The first kappa shape index (κ1) is 15.2. The molecule has 2 heterocycles. The minimum atomic E-state index is 0.876. The normalized spacial score (nSPS) is 32.8. The first-order chi connectivity index (χ1) is 9.45. The van der Waals surface area contributed by atoms with Gasteiger partial charge in [0.15, 0.2) is 0 Å². The van der Waals surface area contributed by atoms with Crippen LogP contribution in [0, 0.1) is 0 Å². The van der Waals surface area contributed by atoms with Crippen molar-refractivity contribution >= 4 is 0 Å². The number of nitrogens with zero attached hydrogens (tertiary/aromatic N) is 2. The molecule has 2 rings (SSSR count). The summed E-state index contributed by atoms with van der Waals surface area (Å²) in [6, 6.07) is 0. The van der Waals surface area contributed by atoms with Crippen LogP contribution in [0.2, 0.25) is 0 Å². The summed E-state index contributed by atoms with van der Waals surface area (Å²) >= 11 is 0. The second-order valence-electron chi connectivity index (χ2n) is 5.50. The molecule has 0 amide bonds. The van der Waals surface area contributed by atoms with Gasteiger partial charge in [-0.3, -0.25) is 9.80 Å². The molecule has 0 aliphatic carbocycles. The molecule has 5 heteroatoms. The first-order valence-electron chi connectivity index (χ1n) is 7.89. The van der Waals surface area contributed by atoms with Gasteiger partial charge in [-0.2, -0.15) is 0 Å². The molecule has 2 bridgehead atoms. The van der Waals surface area contributed by atoms with Crippen molar-refractivity contribution in [1.82, 2.24) is 20.4 Å². The maximum Gasteiger partial charge on any atom is 0.0594 e. The van der Waals surface area contributed by atoms with Gasteiger partial charge < -0.3 is 15.4 Å². The molecular weight excluding hydrogens is 240 g/mol. The van der Waals surface area contributed by atoms with Crippen LogP contribution in [-0.2, 0) is 4.74 Å². The van der Waals surface area contributed by atoms with Gasteiger partial charge >= 0.3 is 0 Å². The molecule has 2 fully saturated rings. The van der Waals surface area contributed by atoms with Gasteiger partial charge in [-0.1, -0.05) is 0 Å². The summed E-state index contributed by atoms with van der Waals surface area (Å²) < 4.78 is 5.80. The van der Waals surface area contributed by atoms with E-state index in [1.807, 2.05) is 0 Å². The number of rotatable bonds is 0. The molecule has 2 N–H and O–H groups in total. The average molecular weight is 270 g/mol. The van der Waals surface area contributed by atoms with Crippen LogP contribution in [0.3, 0.4) is 0 Å². The summed E-state index contributed by atoms with van der Waals surface area (Å²) in [4.78, 5) is 5.06. The highest BCUT2D eigenvalue weighted by molar-refractivity contribution is 4.66. The molecular formula is C14H30N4O. The van der Waals surface area contributed by atoms with E-state index in [1.165, 1.54) is 25.9 Å². The van der Waals surface area contributed by atoms with Crippen molar-refractivity contribution in [3.63, 3.8) is 0 Å². The summed E-state index contributed by atoms with van der Waals surface area (Å²) in [5.41, 5.74) is 0. The summed E-state index contributed by atoms with van der Waals surface area (Å²) in [5.74, 6) is 0. The Bertz CT molecular complexity index is 189. The monoisotopic (exact) mass is 270 g/mol. The fourth-order valence-corrected chi connectivity index (χ4v) is 2.74. The quantitative estimate of drug-likeness (QED) is 0.586. The molecule has 0 aromatic carbocycles. The zero-order valence-electron chi connectivity index (χ0n) is 12.2. The second kappa shape index (κ2) is 9.66. The van der Waals surface area contributed by atoms with Crippen molar-refractivity contribution in [3.8, 4) is 0 Å². The van der Waals surface area contributed by atoms with Crippen LogP contribution >= 0.6 is 0 Å². The Morgan fingerprint density at radius 2 is 1.11 bits per heavy atom. The molecule has 0 aromatic rings. The molecule has 0 spiro atoms. The van der Waals surface area contributed by atoms with Gasteiger partial charge in [-0.25, -0.2) is 0 Å². The van der Waals surface area contributed by atoms with Crippen LogP contribution in [0.25, 0.3) is 0 Å². The Balaban J connectivity index is 1.90. The highest BCUT2D eigenvalue weighted by Crippen LogP contribution is 1.97. The molecule has 112 valence electrons. The van der Waals surface area contributed by atoms with E-state index in [1.54, 1.807) is 0 Å². The summed E-state index contributed by atoms with van der Waals surface area (Å²) in [6.07, 6.45) is 2.47. The van der Waals surface area contributed by atoms with Crippen LogP contribution < -0.4 is 10.6 Å². The van der Waals surface area contributed by atoms with E-state index in [0.29, 0.717) is 0 Å². The fraction of sp³-hybridized carbons (Fsp3) is 1.00. The standard InChI is InChI=1S/C14H30N4O/c1-3-15-5-10-18-8-2-4-16-6-9-17(7-1)11-13-19-14-12-18/h15-16H,1-14H2. The third-order valence-corrected chi connectivity index (χ3v) is 3.97. The van der Waals surface area contributed by atoms with Gasteiger partial charge in [0.2, 0.25) is 0 Å². The lowest BCUT2D eigenvalue weighted by Gasteiger charge is -2.23. The second-order valence-corrected chi connectivity index (χ2v) is 5.50. The number of nitrogens with one attached hydrogen (secondary N) is 2. The van der Waals surface area contributed by atoms with Gasteiger partial charge in [-0.15, -0.1) is 0 Å². The minimum absolute atomic E-state index is 0.876. The van der Waals surface area contributed by atoms with Gasteiger partial charge in [-0.05, 0) is 39.0 Å². The van der Waals surface area contributed by atoms with E-state index in [9.17, 15) is 0 Å². The van der Waals surface area contributed by atoms with E-state index in [-0.39, 0.29) is 0 Å². The maximum absolute atomic E-state index is 5.80. The van der Waals surface area contributed by atoms with E-state index < -0.39 is 0 Å². The molecule has 2 atom stereocenters. The van der Waals surface area contributed by atoms with Gasteiger partial charge in [0.1, 0.15) is 0 Å². The fourth-order valence-electron chi connectivity index (χ4n) is 2.74. The molecule has 2 aliphatic heterocycles. The van der Waals surface area contributed by atoms with Gasteiger partial charge in [0, 0.05) is 39.3 Å². The molecule has 19 heavy (non-hydrogen) atoms. The van der Waals surface area contributed by atoms with Crippen molar-refractivity contribution in [2.45, 2.75) is 12.8 Å². The zero-order chi connectivity index (χ0) is 13.2. The third kappa shape index (κ3) is 6.68. The molecule has 0 saturated carbocycles. The van der Waals surface area contributed by atoms with Crippen LogP contribution in [0.4, 0.5) is 0 Å². The summed E-state index contributed by atoms with van der Waals surface area (Å²) in [5, 5.41) is 7.14. The summed E-state index contributed by atoms with van der Waals surface area (Å²) in [7, 11) is 0. The highest BCUT2D eigenvalue weighted by Gasteiger charge is 2.09. The number of ether oxygens (including phenoxy) is 1. The predicted molar refractivity (Wildman–Crippen MR) is 78.7 cm³/mol. The Hall–Kier alpha value is -0.200. The maximum atomic E-state index is 5.80. The zero-order valence-corrected chi connectivity index (χ0v) is 12.2.